The molecular weight excluding hydrogens is 406 g/mol. The first-order chi connectivity index (χ1) is 9.20. The average Bonchev–Trinajstić information content (AvgIpc) is 2.30. The van der Waals surface area contributed by atoms with Gasteiger partial charge in [0, 0.05) is 15.0 Å². The van der Waals surface area contributed by atoms with E-state index in [2.05, 4.69) is 50.4 Å². The summed E-state index contributed by atoms with van der Waals surface area (Å²) >= 11 is 6.63. The predicted octanol–water partition coefficient (Wildman–Crippen LogP) is 4.46. The van der Waals surface area contributed by atoms with Crippen molar-refractivity contribution < 1.29 is 8.42 Å². The summed E-state index contributed by atoms with van der Waals surface area (Å²) in [4.78, 5) is 0.287. The first kappa shape index (κ1) is 16.5. The summed E-state index contributed by atoms with van der Waals surface area (Å²) in [6, 6.07) is 5.20. The van der Waals surface area contributed by atoms with E-state index in [1.807, 2.05) is 6.07 Å². The van der Waals surface area contributed by atoms with Gasteiger partial charge in [0.1, 0.15) is 0 Å². The zero-order valence-corrected chi connectivity index (χ0v) is 15.6. The molecule has 1 unspecified atom stereocenters. The quantitative estimate of drug-likeness (QED) is 0.778. The molecule has 1 fully saturated rings. The monoisotopic (exact) mass is 423 g/mol. The van der Waals surface area contributed by atoms with Crippen molar-refractivity contribution in [1.29, 1.82) is 0 Å². The molecule has 1 N–H and O–H groups in total. The van der Waals surface area contributed by atoms with Gasteiger partial charge in [0.15, 0.2) is 0 Å². The van der Waals surface area contributed by atoms with Crippen LogP contribution in [0.5, 0.6) is 0 Å². The average molecular weight is 425 g/mol. The van der Waals surface area contributed by atoms with Crippen LogP contribution in [0.2, 0.25) is 0 Å². The number of hydrogen-bond acceptors (Lipinski definition) is 2. The summed E-state index contributed by atoms with van der Waals surface area (Å²) in [6.07, 6.45) is 4.03. The van der Waals surface area contributed by atoms with Gasteiger partial charge in [-0.2, -0.15) is 0 Å². The van der Waals surface area contributed by atoms with Gasteiger partial charge in [-0.25, -0.2) is 13.1 Å². The normalized spacial score (nSPS) is 22.7. The Labute approximate surface area is 137 Å². The molecule has 0 saturated heterocycles. The molecule has 0 aliphatic heterocycles. The molecule has 1 aromatic rings. The number of sulfonamides is 1. The highest BCUT2D eigenvalue weighted by Gasteiger charge is 2.31. The molecule has 0 heterocycles. The Morgan fingerprint density at radius 3 is 2.65 bits per heavy atom. The van der Waals surface area contributed by atoms with E-state index in [1.165, 1.54) is 0 Å². The molecular formula is C14H19Br2NO2S. The highest BCUT2D eigenvalue weighted by atomic mass is 79.9. The van der Waals surface area contributed by atoms with Crippen molar-refractivity contribution in [2.75, 3.05) is 0 Å². The van der Waals surface area contributed by atoms with Crippen LogP contribution in [-0.2, 0) is 10.0 Å². The molecule has 112 valence electrons. The highest BCUT2D eigenvalue weighted by Crippen LogP contribution is 2.36. The van der Waals surface area contributed by atoms with Crippen molar-refractivity contribution in [3.8, 4) is 0 Å². The highest BCUT2D eigenvalue weighted by molar-refractivity contribution is 9.11. The molecule has 2 rings (SSSR count). The summed E-state index contributed by atoms with van der Waals surface area (Å²) < 4.78 is 29.2. The number of benzene rings is 1. The molecule has 1 saturated carbocycles. The minimum atomic E-state index is -3.49. The maximum Gasteiger partial charge on any atom is 0.241 e. The number of nitrogens with one attached hydrogen (secondary N) is 1. The second kappa shape index (κ2) is 6.07. The third kappa shape index (κ3) is 4.06. The summed E-state index contributed by atoms with van der Waals surface area (Å²) in [5.74, 6) is 0. The summed E-state index contributed by atoms with van der Waals surface area (Å²) in [5.41, 5.74) is 0.208. The van der Waals surface area contributed by atoms with E-state index >= 15 is 0 Å². The van der Waals surface area contributed by atoms with Crippen molar-refractivity contribution in [3.63, 3.8) is 0 Å². The first-order valence-corrected chi connectivity index (χ1v) is 9.74. The van der Waals surface area contributed by atoms with Gasteiger partial charge in [0.25, 0.3) is 0 Å². The van der Waals surface area contributed by atoms with Crippen LogP contribution in [0.1, 0.15) is 39.5 Å². The molecule has 1 aliphatic rings. The Balaban J connectivity index is 2.21. The minimum Gasteiger partial charge on any atom is -0.208 e. The van der Waals surface area contributed by atoms with Crippen molar-refractivity contribution in [2.24, 2.45) is 5.41 Å². The standard InChI is InChI=1S/C14H19Br2NO2S/c1-14(2)7-3-4-11(9-14)17-20(18,19)13-8-10(15)5-6-12(13)16/h5-6,8,11,17H,3-4,7,9H2,1-2H3. The van der Waals surface area contributed by atoms with Gasteiger partial charge in [-0.3, -0.25) is 0 Å². The first-order valence-electron chi connectivity index (χ1n) is 6.67. The SMILES string of the molecule is CC1(C)CCCC(NS(=O)(=O)c2cc(Br)ccc2Br)C1. The number of hydrogen-bond donors (Lipinski definition) is 1. The molecule has 0 bridgehead atoms. The Hall–Kier alpha value is 0.0900. The van der Waals surface area contributed by atoms with E-state index in [4.69, 9.17) is 0 Å². The van der Waals surface area contributed by atoms with Gasteiger partial charge >= 0.3 is 0 Å². The third-order valence-corrected chi connectivity index (χ3v) is 6.72. The fourth-order valence-corrected chi connectivity index (χ4v) is 5.54. The molecule has 3 nitrogen and oxygen atoms in total. The topological polar surface area (TPSA) is 46.2 Å². The van der Waals surface area contributed by atoms with E-state index in [0.717, 1.165) is 30.2 Å². The van der Waals surface area contributed by atoms with Crippen molar-refractivity contribution in [3.05, 3.63) is 27.1 Å². The van der Waals surface area contributed by atoms with Crippen molar-refractivity contribution in [2.45, 2.75) is 50.5 Å². The molecule has 0 radical (unpaired) electrons. The lowest BCUT2D eigenvalue weighted by atomic mass is 9.75. The lowest BCUT2D eigenvalue weighted by molar-refractivity contribution is 0.212. The fraction of sp³-hybridized carbons (Fsp3) is 0.571. The van der Waals surface area contributed by atoms with Crippen LogP contribution in [-0.4, -0.2) is 14.5 Å². The van der Waals surface area contributed by atoms with Gasteiger partial charge < -0.3 is 0 Å². The Bertz CT molecular complexity index is 599. The van der Waals surface area contributed by atoms with Crippen LogP contribution >= 0.6 is 31.9 Å². The predicted molar refractivity (Wildman–Crippen MR) is 88.2 cm³/mol. The lowest BCUT2D eigenvalue weighted by Crippen LogP contribution is -2.40. The van der Waals surface area contributed by atoms with Crippen LogP contribution in [0, 0.1) is 5.41 Å². The molecule has 1 atom stereocenters. The summed E-state index contributed by atoms with van der Waals surface area (Å²) in [7, 11) is -3.49. The zero-order chi connectivity index (χ0) is 15.0. The third-order valence-electron chi connectivity index (χ3n) is 3.71. The maximum atomic E-state index is 12.5. The number of halogens is 2. The lowest BCUT2D eigenvalue weighted by Gasteiger charge is -2.35. The molecule has 0 amide bonds. The Morgan fingerprint density at radius 1 is 1.30 bits per heavy atom. The van der Waals surface area contributed by atoms with E-state index < -0.39 is 10.0 Å². The van der Waals surface area contributed by atoms with Crippen molar-refractivity contribution in [1.82, 2.24) is 4.72 Å². The molecule has 1 aromatic carbocycles. The summed E-state index contributed by atoms with van der Waals surface area (Å²) in [5, 5.41) is 0. The maximum absolute atomic E-state index is 12.5. The fourth-order valence-electron chi connectivity index (χ4n) is 2.76. The van der Waals surface area contributed by atoms with E-state index in [9.17, 15) is 8.42 Å². The minimum absolute atomic E-state index is 0.0228. The largest absolute Gasteiger partial charge is 0.241 e. The van der Waals surface area contributed by atoms with Crippen LogP contribution in [0.4, 0.5) is 0 Å². The summed E-state index contributed by atoms with van der Waals surface area (Å²) in [6.45, 7) is 4.39. The van der Waals surface area contributed by atoms with Gasteiger partial charge in [-0.05, 0) is 58.8 Å². The van der Waals surface area contributed by atoms with E-state index in [0.29, 0.717) is 4.47 Å². The van der Waals surface area contributed by atoms with Crippen LogP contribution < -0.4 is 4.72 Å². The smallest absolute Gasteiger partial charge is 0.208 e. The van der Waals surface area contributed by atoms with Gasteiger partial charge in [-0.15, -0.1) is 0 Å². The van der Waals surface area contributed by atoms with Gasteiger partial charge in [-0.1, -0.05) is 36.2 Å². The van der Waals surface area contributed by atoms with E-state index in [1.54, 1.807) is 12.1 Å². The molecule has 0 spiro atoms. The Morgan fingerprint density at radius 2 is 2.00 bits per heavy atom. The van der Waals surface area contributed by atoms with Crippen LogP contribution in [0.25, 0.3) is 0 Å². The second-order valence-corrected chi connectivity index (χ2v) is 9.61. The van der Waals surface area contributed by atoms with Crippen LogP contribution in [0.15, 0.2) is 32.0 Å². The van der Waals surface area contributed by atoms with Gasteiger partial charge in [0.05, 0.1) is 4.90 Å². The van der Waals surface area contributed by atoms with Gasteiger partial charge in [0.2, 0.25) is 10.0 Å². The molecule has 20 heavy (non-hydrogen) atoms. The second-order valence-electron chi connectivity index (χ2n) is 6.15. The molecule has 1 aliphatic carbocycles. The number of rotatable bonds is 3. The Kier molecular flexibility index (Phi) is 4.99. The molecule has 6 heteroatoms. The van der Waals surface area contributed by atoms with E-state index in [-0.39, 0.29) is 16.4 Å². The molecule has 0 aromatic heterocycles. The van der Waals surface area contributed by atoms with Crippen molar-refractivity contribution >= 4 is 41.9 Å². The van der Waals surface area contributed by atoms with Crippen LogP contribution in [0.3, 0.4) is 0 Å². The zero-order valence-electron chi connectivity index (χ0n) is 11.6.